The predicted molar refractivity (Wildman–Crippen MR) is 115 cm³/mol. The summed E-state index contributed by atoms with van der Waals surface area (Å²) in [6.45, 7) is 4.64. The first-order chi connectivity index (χ1) is 11.1. The van der Waals surface area contributed by atoms with Crippen molar-refractivity contribution in [3.05, 3.63) is 57.3 Å². The molecule has 2 aromatic rings. The van der Waals surface area contributed by atoms with Gasteiger partial charge in [-0.25, -0.2) is 0 Å². The van der Waals surface area contributed by atoms with Crippen molar-refractivity contribution in [2.75, 3.05) is 21.1 Å². The van der Waals surface area contributed by atoms with Gasteiger partial charge in [0.1, 0.15) is 0 Å². The molecular formula is C18H27IN4S. The summed E-state index contributed by atoms with van der Waals surface area (Å²) in [5, 5.41) is 6.77. The van der Waals surface area contributed by atoms with Gasteiger partial charge in [-0.3, -0.25) is 4.99 Å². The van der Waals surface area contributed by atoms with E-state index < -0.39 is 0 Å². The number of hydrogen-bond donors (Lipinski definition) is 2. The number of aryl methyl sites for hydroxylation is 1. The van der Waals surface area contributed by atoms with Crippen molar-refractivity contribution in [1.29, 1.82) is 0 Å². The topological polar surface area (TPSA) is 39.7 Å². The van der Waals surface area contributed by atoms with Crippen LogP contribution < -0.4 is 10.6 Å². The van der Waals surface area contributed by atoms with Crippen molar-refractivity contribution in [2.24, 2.45) is 4.99 Å². The molecule has 0 amide bonds. The average molecular weight is 458 g/mol. The van der Waals surface area contributed by atoms with Gasteiger partial charge in [-0.05, 0) is 44.3 Å². The molecule has 2 rings (SSSR count). The molecular weight excluding hydrogens is 431 g/mol. The molecule has 0 spiro atoms. The van der Waals surface area contributed by atoms with E-state index in [0.29, 0.717) is 0 Å². The number of halogens is 1. The zero-order valence-corrected chi connectivity index (χ0v) is 17.9. The number of guanidine groups is 1. The molecule has 1 heterocycles. The molecule has 1 aromatic carbocycles. The van der Waals surface area contributed by atoms with Gasteiger partial charge in [0.05, 0.1) is 6.54 Å². The fourth-order valence-corrected chi connectivity index (χ4v) is 3.21. The van der Waals surface area contributed by atoms with Crippen LogP contribution in [0.15, 0.2) is 41.4 Å². The Morgan fingerprint density at radius 3 is 2.29 bits per heavy atom. The van der Waals surface area contributed by atoms with Gasteiger partial charge in [-0.15, -0.1) is 35.3 Å². The van der Waals surface area contributed by atoms with E-state index in [2.05, 4.69) is 77.9 Å². The predicted octanol–water partition coefficient (Wildman–Crippen LogP) is 3.60. The van der Waals surface area contributed by atoms with Crippen LogP contribution in [0.25, 0.3) is 0 Å². The van der Waals surface area contributed by atoms with E-state index in [-0.39, 0.29) is 24.0 Å². The van der Waals surface area contributed by atoms with Gasteiger partial charge >= 0.3 is 0 Å². The van der Waals surface area contributed by atoms with E-state index in [0.717, 1.165) is 25.6 Å². The number of hydrogen-bond acceptors (Lipinski definition) is 3. The standard InChI is InChI=1S/C18H26N4S.HI/c1-14-9-10-17(23-14)12-21-18(19-2)20-11-15-7-5-6-8-16(15)13-22(3)4;/h5-10H,11-13H2,1-4H3,(H2,19,20,21);1H. The molecule has 0 fully saturated rings. The summed E-state index contributed by atoms with van der Waals surface area (Å²) in [6, 6.07) is 12.8. The third-order valence-corrected chi connectivity index (χ3v) is 4.50. The molecule has 1 aromatic heterocycles. The van der Waals surface area contributed by atoms with Gasteiger partial charge in [-0.2, -0.15) is 0 Å². The Morgan fingerprint density at radius 1 is 1.04 bits per heavy atom. The summed E-state index contributed by atoms with van der Waals surface area (Å²) in [5.41, 5.74) is 2.64. The van der Waals surface area contributed by atoms with Crippen LogP contribution in [0.2, 0.25) is 0 Å². The number of aliphatic imine (C=N–C) groups is 1. The van der Waals surface area contributed by atoms with Gasteiger partial charge < -0.3 is 15.5 Å². The molecule has 0 unspecified atom stereocenters. The first-order valence-corrected chi connectivity index (χ1v) is 8.61. The second kappa shape index (κ2) is 10.7. The van der Waals surface area contributed by atoms with Crippen molar-refractivity contribution < 1.29 is 0 Å². The van der Waals surface area contributed by atoms with Crippen LogP contribution >= 0.6 is 35.3 Å². The largest absolute Gasteiger partial charge is 0.352 e. The molecule has 0 bridgehead atoms. The van der Waals surface area contributed by atoms with Crippen molar-refractivity contribution in [3.63, 3.8) is 0 Å². The highest BCUT2D eigenvalue weighted by Crippen LogP contribution is 2.14. The summed E-state index contributed by atoms with van der Waals surface area (Å²) in [5.74, 6) is 0.829. The fraction of sp³-hybridized carbons (Fsp3) is 0.389. The minimum Gasteiger partial charge on any atom is -0.352 e. The smallest absolute Gasteiger partial charge is 0.191 e. The number of thiophene rings is 1. The molecule has 24 heavy (non-hydrogen) atoms. The molecule has 132 valence electrons. The Kier molecular flexibility index (Phi) is 9.31. The second-order valence-electron chi connectivity index (χ2n) is 5.80. The lowest BCUT2D eigenvalue weighted by Gasteiger charge is -2.16. The molecule has 0 aliphatic carbocycles. The highest BCUT2D eigenvalue weighted by Gasteiger charge is 2.05. The van der Waals surface area contributed by atoms with Crippen LogP contribution in [0.5, 0.6) is 0 Å². The Balaban J connectivity index is 0.00000288. The zero-order chi connectivity index (χ0) is 16.7. The molecule has 0 atom stereocenters. The Hall–Kier alpha value is -1.12. The quantitative estimate of drug-likeness (QED) is 0.395. The maximum Gasteiger partial charge on any atom is 0.191 e. The lowest BCUT2D eigenvalue weighted by molar-refractivity contribution is 0.400. The minimum atomic E-state index is 0. The maximum absolute atomic E-state index is 4.30. The van der Waals surface area contributed by atoms with Crippen LogP contribution in [0.3, 0.4) is 0 Å². The molecule has 0 saturated heterocycles. The summed E-state index contributed by atoms with van der Waals surface area (Å²) in [7, 11) is 5.99. The summed E-state index contributed by atoms with van der Waals surface area (Å²) in [6.07, 6.45) is 0. The monoisotopic (exact) mass is 458 g/mol. The normalized spacial score (nSPS) is 11.3. The number of nitrogens with one attached hydrogen (secondary N) is 2. The van der Waals surface area contributed by atoms with Crippen molar-refractivity contribution >= 4 is 41.3 Å². The molecule has 0 saturated carbocycles. The molecule has 0 aliphatic heterocycles. The molecule has 2 N–H and O–H groups in total. The van der Waals surface area contributed by atoms with Crippen LogP contribution in [0.4, 0.5) is 0 Å². The van der Waals surface area contributed by atoms with E-state index in [4.69, 9.17) is 0 Å². The molecule has 0 aliphatic rings. The lowest BCUT2D eigenvalue weighted by Crippen LogP contribution is -2.36. The van der Waals surface area contributed by atoms with Gasteiger partial charge in [0, 0.05) is 29.9 Å². The lowest BCUT2D eigenvalue weighted by atomic mass is 10.1. The van der Waals surface area contributed by atoms with E-state index in [1.165, 1.54) is 20.9 Å². The first-order valence-electron chi connectivity index (χ1n) is 7.80. The third-order valence-electron chi connectivity index (χ3n) is 3.50. The van der Waals surface area contributed by atoms with Crippen LogP contribution in [-0.4, -0.2) is 32.0 Å². The second-order valence-corrected chi connectivity index (χ2v) is 7.17. The first kappa shape index (κ1) is 20.9. The Morgan fingerprint density at radius 2 is 1.71 bits per heavy atom. The number of nitrogens with zero attached hydrogens (tertiary/aromatic N) is 2. The number of benzene rings is 1. The Labute approximate surface area is 166 Å². The van der Waals surface area contributed by atoms with Crippen LogP contribution in [0.1, 0.15) is 20.9 Å². The van der Waals surface area contributed by atoms with Gasteiger partial charge in [0.2, 0.25) is 0 Å². The van der Waals surface area contributed by atoms with E-state index in [1.54, 1.807) is 7.05 Å². The number of rotatable bonds is 6. The molecule has 4 nitrogen and oxygen atoms in total. The van der Waals surface area contributed by atoms with E-state index in [1.807, 2.05) is 11.3 Å². The van der Waals surface area contributed by atoms with E-state index >= 15 is 0 Å². The molecule has 0 radical (unpaired) electrons. The maximum atomic E-state index is 4.30. The van der Waals surface area contributed by atoms with Gasteiger partial charge in [-0.1, -0.05) is 24.3 Å². The summed E-state index contributed by atoms with van der Waals surface area (Å²) < 4.78 is 0. The van der Waals surface area contributed by atoms with Crippen molar-refractivity contribution in [1.82, 2.24) is 15.5 Å². The van der Waals surface area contributed by atoms with Crippen molar-refractivity contribution in [2.45, 2.75) is 26.6 Å². The fourth-order valence-electron chi connectivity index (χ4n) is 2.38. The van der Waals surface area contributed by atoms with Gasteiger partial charge in [0.15, 0.2) is 5.96 Å². The van der Waals surface area contributed by atoms with E-state index in [9.17, 15) is 0 Å². The average Bonchev–Trinajstić information content (AvgIpc) is 2.94. The van der Waals surface area contributed by atoms with Crippen LogP contribution in [-0.2, 0) is 19.6 Å². The minimum absolute atomic E-state index is 0. The summed E-state index contributed by atoms with van der Waals surface area (Å²) >= 11 is 1.81. The third kappa shape index (κ3) is 6.78. The van der Waals surface area contributed by atoms with Crippen molar-refractivity contribution in [3.8, 4) is 0 Å². The van der Waals surface area contributed by atoms with Crippen LogP contribution in [0, 0.1) is 6.92 Å². The summed E-state index contributed by atoms with van der Waals surface area (Å²) in [4.78, 5) is 9.14. The molecule has 6 heteroatoms. The van der Waals surface area contributed by atoms with Gasteiger partial charge in [0.25, 0.3) is 0 Å². The SMILES string of the molecule is CN=C(NCc1ccc(C)s1)NCc1ccccc1CN(C)C.I. The highest BCUT2D eigenvalue weighted by atomic mass is 127. The Bertz CT molecular complexity index is 652. The zero-order valence-electron chi connectivity index (χ0n) is 14.8. The highest BCUT2D eigenvalue weighted by molar-refractivity contribution is 14.0.